The van der Waals surface area contributed by atoms with Gasteiger partial charge in [-0.15, -0.1) is 5.06 Å². The van der Waals surface area contributed by atoms with Crippen LogP contribution in [0.3, 0.4) is 0 Å². The van der Waals surface area contributed by atoms with Crippen molar-refractivity contribution >= 4 is 12.3 Å². The Hall–Kier alpha value is -2.87. The number of hydrogen-bond acceptors (Lipinski definition) is 5. The molecule has 0 spiro atoms. The molecule has 5 nitrogen and oxygen atoms in total. The molecule has 2 aromatic carbocycles. The van der Waals surface area contributed by atoms with Crippen molar-refractivity contribution in [1.29, 1.82) is 0 Å². The topological polar surface area (TPSA) is 55.8 Å². The summed E-state index contributed by atoms with van der Waals surface area (Å²) >= 11 is 0. The first-order valence-electron chi connectivity index (χ1n) is 11.1. The van der Waals surface area contributed by atoms with Crippen molar-refractivity contribution in [3.63, 3.8) is 0 Å². The number of nitrogens with zero attached hydrogens (tertiary/aromatic N) is 1. The maximum atomic E-state index is 12.8. The summed E-state index contributed by atoms with van der Waals surface area (Å²) < 4.78 is 44.0. The van der Waals surface area contributed by atoms with Gasteiger partial charge in [0, 0.05) is 0 Å². The summed E-state index contributed by atoms with van der Waals surface area (Å²) in [7, 11) is 0. The molecular weight excluding hydrogens is 435 g/mol. The molecule has 0 saturated carbocycles. The summed E-state index contributed by atoms with van der Waals surface area (Å²) in [5.41, 5.74) is 0.521. The van der Waals surface area contributed by atoms with Crippen LogP contribution < -0.4 is 4.74 Å². The highest BCUT2D eigenvalue weighted by Crippen LogP contribution is 2.29. The summed E-state index contributed by atoms with van der Waals surface area (Å²) in [5, 5.41) is 1.23. The molecule has 33 heavy (non-hydrogen) atoms. The van der Waals surface area contributed by atoms with Crippen LogP contribution in [0.15, 0.2) is 48.5 Å². The first-order chi connectivity index (χ1) is 15.8. The Labute approximate surface area is 192 Å². The molecule has 0 radical (unpaired) electrons. The van der Waals surface area contributed by atoms with Crippen LogP contribution in [0.5, 0.6) is 5.75 Å². The largest absolute Gasteiger partial charge is 0.494 e. The minimum Gasteiger partial charge on any atom is -0.494 e. The van der Waals surface area contributed by atoms with Crippen molar-refractivity contribution in [2.75, 3.05) is 6.61 Å². The van der Waals surface area contributed by atoms with E-state index in [1.807, 2.05) is 24.3 Å². The summed E-state index contributed by atoms with van der Waals surface area (Å²) in [6.07, 6.45) is 2.69. The summed E-state index contributed by atoms with van der Waals surface area (Å²) in [4.78, 5) is 27.2. The second-order valence-electron chi connectivity index (χ2n) is 7.78. The highest BCUT2D eigenvalue weighted by atomic mass is 19.4. The molecule has 2 rings (SSSR count). The van der Waals surface area contributed by atoms with Crippen LogP contribution in [0.4, 0.5) is 13.2 Å². The molecule has 0 heterocycles. The van der Waals surface area contributed by atoms with Gasteiger partial charge in [-0.25, -0.2) is 4.79 Å². The van der Waals surface area contributed by atoms with Crippen LogP contribution >= 0.6 is 0 Å². The second kappa shape index (κ2) is 13.6. The first kappa shape index (κ1) is 26.4. The Balaban J connectivity index is 1.91. The Kier molecular flexibility index (Phi) is 10.9. The number of halogens is 3. The maximum Gasteiger partial charge on any atom is 0.416 e. The Morgan fingerprint density at radius 3 is 1.97 bits per heavy atom. The summed E-state index contributed by atoms with van der Waals surface area (Å²) in [5.74, 6) is -0.354. The predicted molar refractivity (Wildman–Crippen MR) is 118 cm³/mol. The van der Waals surface area contributed by atoms with E-state index < -0.39 is 17.7 Å². The molecule has 0 atom stereocenters. The number of alkyl halides is 3. The Bertz CT molecular complexity index is 851. The van der Waals surface area contributed by atoms with Crippen LogP contribution in [-0.4, -0.2) is 23.9 Å². The fourth-order valence-electron chi connectivity index (χ4n) is 3.24. The van der Waals surface area contributed by atoms with Crippen molar-refractivity contribution in [3.8, 4) is 5.75 Å². The van der Waals surface area contributed by atoms with E-state index in [1.165, 1.54) is 42.9 Å². The summed E-state index contributed by atoms with van der Waals surface area (Å²) in [6, 6.07) is 11.8. The number of ether oxygens (including phenoxy) is 1. The maximum absolute atomic E-state index is 12.8. The minimum absolute atomic E-state index is 0.0218. The van der Waals surface area contributed by atoms with Gasteiger partial charge in [0.25, 0.3) is 0 Å². The van der Waals surface area contributed by atoms with E-state index >= 15 is 0 Å². The van der Waals surface area contributed by atoms with E-state index in [1.54, 1.807) is 0 Å². The second-order valence-corrected chi connectivity index (χ2v) is 7.78. The van der Waals surface area contributed by atoms with Crippen molar-refractivity contribution in [1.82, 2.24) is 5.06 Å². The van der Waals surface area contributed by atoms with Crippen molar-refractivity contribution < 1.29 is 32.3 Å². The van der Waals surface area contributed by atoms with Crippen molar-refractivity contribution in [3.05, 3.63) is 65.2 Å². The molecule has 0 amide bonds. The van der Waals surface area contributed by atoms with Gasteiger partial charge in [-0.05, 0) is 41.8 Å². The minimum atomic E-state index is -4.43. The van der Waals surface area contributed by atoms with Crippen molar-refractivity contribution in [2.45, 2.75) is 64.7 Å². The Morgan fingerprint density at radius 1 is 0.879 bits per heavy atom. The molecular formula is C25H30F3NO4. The van der Waals surface area contributed by atoms with E-state index in [-0.39, 0.29) is 19.4 Å². The normalized spacial score (nSPS) is 11.4. The molecule has 0 bridgehead atoms. The zero-order chi connectivity index (χ0) is 24.1. The zero-order valence-electron chi connectivity index (χ0n) is 18.8. The van der Waals surface area contributed by atoms with Crippen LogP contribution in [0.25, 0.3) is 0 Å². The molecule has 8 heteroatoms. The lowest BCUT2D eigenvalue weighted by Crippen LogP contribution is -2.27. The molecule has 0 aromatic heterocycles. The third-order valence-electron chi connectivity index (χ3n) is 5.00. The molecule has 0 aliphatic carbocycles. The highest BCUT2D eigenvalue weighted by Gasteiger charge is 2.30. The number of rotatable bonds is 14. The predicted octanol–water partition coefficient (Wildman–Crippen LogP) is 6.10. The molecule has 0 unspecified atom stereocenters. The highest BCUT2D eigenvalue weighted by molar-refractivity contribution is 6.20. The van der Waals surface area contributed by atoms with Crippen LogP contribution in [0.2, 0.25) is 0 Å². The van der Waals surface area contributed by atoms with Crippen LogP contribution in [-0.2, 0) is 33.7 Å². The molecule has 0 aliphatic rings. The fraction of sp³-hybridized carbons (Fsp3) is 0.440. The smallest absolute Gasteiger partial charge is 0.416 e. The fourth-order valence-corrected chi connectivity index (χ4v) is 3.24. The number of benzene rings is 2. The van der Waals surface area contributed by atoms with Gasteiger partial charge < -0.3 is 9.57 Å². The average Bonchev–Trinajstić information content (AvgIpc) is 2.79. The zero-order valence-corrected chi connectivity index (χ0v) is 18.8. The number of hydroxylamine groups is 2. The molecule has 0 fully saturated rings. The van der Waals surface area contributed by atoms with Gasteiger partial charge in [0.1, 0.15) is 5.75 Å². The number of unbranched alkanes of at least 4 members (excludes halogenated alkanes) is 5. The number of carbonyl (C=O) groups excluding carboxylic acids is 2. The molecule has 0 saturated heterocycles. The van der Waals surface area contributed by atoms with Gasteiger partial charge in [0.05, 0.1) is 25.3 Å². The number of carbonyl (C=O) groups is 2. The molecule has 2 aromatic rings. The van der Waals surface area contributed by atoms with Crippen LogP contribution in [0, 0.1) is 0 Å². The van der Waals surface area contributed by atoms with Gasteiger partial charge in [-0.3, -0.25) is 4.79 Å². The van der Waals surface area contributed by atoms with Gasteiger partial charge in [0.2, 0.25) is 6.29 Å². The van der Waals surface area contributed by atoms with E-state index in [9.17, 15) is 22.8 Å². The molecule has 180 valence electrons. The number of hydrogen-bond donors (Lipinski definition) is 0. The van der Waals surface area contributed by atoms with Gasteiger partial charge in [0.15, 0.2) is 0 Å². The van der Waals surface area contributed by atoms with Crippen molar-refractivity contribution in [2.24, 2.45) is 0 Å². The lowest BCUT2D eigenvalue weighted by Gasteiger charge is -2.20. The average molecular weight is 466 g/mol. The first-order valence-corrected chi connectivity index (χ1v) is 11.1. The quantitative estimate of drug-likeness (QED) is 0.146. The van der Waals surface area contributed by atoms with Gasteiger partial charge >= 0.3 is 12.1 Å². The third-order valence-corrected chi connectivity index (χ3v) is 5.00. The summed E-state index contributed by atoms with van der Waals surface area (Å²) in [6.45, 7) is 3.00. The SMILES string of the molecule is CCCCCCCCOc1ccc(CN(Cc2ccc(C(F)(F)F)cc2)OC(=O)C=O)cc1. The van der Waals surface area contributed by atoms with E-state index in [0.717, 1.165) is 36.3 Å². The van der Waals surface area contributed by atoms with E-state index in [0.29, 0.717) is 12.2 Å². The lowest BCUT2D eigenvalue weighted by atomic mass is 10.1. The molecule has 0 aliphatic heterocycles. The van der Waals surface area contributed by atoms with E-state index in [4.69, 9.17) is 9.57 Å². The van der Waals surface area contributed by atoms with Gasteiger partial charge in [-0.1, -0.05) is 63.3 Å². The lowest BCUT2D eigenvalue weighted by molar-refractivity contribution is -0.195. The van der Waals surface area contributed by atoms with E-state index in [2.05, 4.69) is 6.92 Å². The molecule has 0 N–H and O–H groups in total. The monoisotopic (exact) mass is 465 g/mol. The third kappa shape index (κ3) is 10.1. The van der Waals surface area contributed by atoms with Crippen LogP contribution in [0.1, 0.15) is 62.1 Å². The standard InChI is InChI=1S/C25H30F3NO4/c1-2-3-4-5-6-7-16-32-23-14-10-21(11-15-23)18-29(33-24(31)19-30)17-20-8-12-22(13-9-20)25(26,27)28/h8-15,19H,2-7,16-18H2,1H3. The van der Waals surface area contributed by atoms with Gasteiger partial charge in [-0.2, -0.15) is 13.2 Å². The number of aldehydes is 1. The Morgan fingerprint density at radius 2 is 1.42 bits per heavy atom.